The molecule has 0 aliphatic heterocycles. The molecule has 0 aromatic heterocycles. The largest absolute Gasteiger partial charge is 0.348 e. The number of rotatable bonds is 8. The highest BCUT2D eigenvalue weighted by Gasteiger charge is 2.13. The summed E-state index contributed by atoms with van der Waals surface area (Å²) in [5, 5.41) is 6.74. The van der Waals surface area contributed by atoms with E-state index in [4.69, 9.17) is 23.2 Å². The first kappa shape index (κ1) is 23.2. The third kappa shape index (κ3) is 7.03. The Morgan fingerprint density at radius 3 is 2.35 bits per heavy atom. The molecule has 0 fully saturated rings. The first-order chi connectivity index (χ1) is 14.9. The van der Waals surface area contributed by atoms with Gasteiger partial charge in [-0.25, -0.2) is 0 Å². The number of benzene rings is 3. The van der Waals surface area contributed by atoms with Crippen LogP contribution in [0.5, 0.6) is 0 Å². The summed E-state index contributed by atoms with van der Waals surface area (Å²) in [7, 11) is 0. The normalized spacial score (nSPS) is 10.5. The second kappa shape index (κ2) is 11.2. The van der Waals surface area contributed by atoms with Gasteiger partial charge in [0, 0.05) is 12.3 Å². The monoisotopic (exact) mass is 472 g/mol. The third-order valence-corrected chi connectivity index (χ3v) is 6.25. The number of halogens is 2. The van der Waals surface area contributed by atoms with E-state index in [1.807, 2.05) is 37.3 Å². The maximum Gasteiger partial charge on any atom is 0.253 e. The molecular formula is C24H22Cl2N2O2S. The predicted octanol–water partition coefficient (Wildman–Crippen LogP) is 6.10. The highest BCUT2D eigenvalue weighted by atomic mass is 35.5. The summed E-state index contributed by atoms with van der Waals surface area (Å²) in [4.78, 5) is 25.1. The van der Waals surface area contributed by atoms with E-state index < -0.39 is 0 Å². The Bertz CT molecular complexity index is 1070. The molecule has 0 spiro atoms. The van der Waals surface area contributed by atoms with Gasteiger partial charge < -0.3 is 10.6 Å². The van der Waals surface area contributed by atoms with Crippen LogP contribution in [0.2, 0.25) is 10.0 Å². The number of anilines is 1. The molecule has 2 N–H and O–H groups in total. The van der Waals surface area contributed by atoms with Crippen LogP contribution in [0.3, 0.4) is 0 Å². The molecule has 31 heavy (non-hydrogen) atoms. The zero-order valence-corrected chi connectivity index (χ0v) is 19.3. The zero-order valence-electron chi connectivity index (χ0n) is 17.0. The molecule has 2 amide bonds. The van der Waals surface area contributed by atoms with Gasteiger partial charge in [0.15, 0.2) is 0 Å². The van der Waals surface area contributed by atoms with Gasteiger partial charge in [-0.2, -0.15) is 0 Å². The zero-order chi connectivity index (χ0) is 22.2. The summed E-state index contributed by atoms with van der Waals surface area (Å²) in [6, 6.07) is 20.4. The van der Waals surface area contributed by atoms with E-state index in [-0.39, 0.29) is 17.6 Å². The van der Waals surface area contributed by atoms with Crippen LogP contribution in [-0.4, -0.2) is 17.6 Å². The van der Waals surface area contributed by atoms with Crippen LogP contribution in [0.15, 0.2) is 66.7 Å². The van der Waals surface area contributed by atoms with Gasteiger partial charge in [0.2, 0.25) is 5.91 Å². The molecule has 0 saturated carbocycles. The van der Waals surface area contributed by atoms with Crippen LogP contribution in [0.4, 0.5) is 5.69 Å². The lowest BCUT2D eigenvalue weighted by Gasteiger charge is -2.12. The molecule has 7 heteroatoms. The van der Waals surface area contributed by atoms with E-state index in [9.17, 15) is 9.59 Å². The molecule has 0 radical (unpaired) electrons. The molecule has 4 nitrogen and oxygen atoms in total. The fourth-order valence-electron chi connectivity index (χ4n) is 2.85. The minimum atomic E-state index is -0.236. The van der Waals surface area contributed by atoms with Gasteiger partial charge in [-0.05, 0) is 42.3 Å². The Morgan fingerprint density at radius 2 is 1.61 bits per heavy atom. The van der Waals surface area contributed by atoms with Crippen LogP contribution in [0.25, 0.3) is 0 Å². The molecule has 0 bridgehead atoms. The van der Waals surface area contributed by atoms with E-state index in [0.717, 1.165) is 11.1 Å². The number of carbonyl (C=O) groups excluding carboxylic acids is 2. The quantitative estimate of drug-likeness (QED) is 0.416. The van der Waals surface area contributed by atoms with E-state index in [0.29, 0.717) is 33.6 Å². The van der Waals surface area contributed by atoms with Crippen LogP contribution in [-0.2, 0) is 17.1 Å². The Balaban J connectivity index is 1.53. The highest BCUT2D eigenvalue weighted by Crippen LogP contribution is 2.25. The Labute approximate surface area is 196 Å². The van der Waals surface area contributed by atoms with Crippen molar-refractivity contribution in [2.75, 3.05) is 11.1 Å². The van der Waals surface area contributed by atoms with E-state index >= 15 is 0 Å². The number of carbonyl (C=O) groups is 2. The molecule has 0 aliphatic rings. The van der Waals surface area contributed by atoms with Gasteiger partial charge in [-0.15, -0.1) is 11.8 Å². The Morgan fingerprint density at radius 1 is 0.903 bits per heavy atom. The molecule has 0 saturated heterocycles. The first-order valence-electron chi connectivity index (χ1n) is 9.66. The lowest BCUT2D eigenvalue weighted by molar-refractivity contribution is -0.113. The summed E-state index contributed by atoms with van der Waals surface area (Å²) < 4.78 is 0. The van der Waals surface area contributed by atoms with Gasteiger partial charge in [-0.3, -0.25) is 9.59 Å². The van der Waals surface area contributed by atoms with Gasteiger partial charge in [0.1, 0.15) is 0 Å². The second-order valence-corrected chi connectivity index (χ2v) is 8.80. The number of thioether (sulfide) groups is 1. The van der Waals surface area contributed by atoms with Crippen LogP contribution in [0.1, 0.15) is 27.0 Å². The summed E-state index contributed by atoms with van der Waals surface area (Å²) in [5.41, 5.74) is 4.09. The molecule has 3 aromatic rings. The number of aryl methyl sites for hydroxylation is 1. The number of para-hydroxylation sites is 1. The van der Waals surface area contributed by atoms with E-state index in [1.165, 1.54) is 17.3 Å². The SMILES string of the molecule is Cc1ccc(CNC(=O)c2ccccc2NC(=O)CSCc2ccc(Cl)c(Cl)c2)cc1. The molecule has 0 heterocycles. The molecule has 3 rings (SSSR count). The second-order valence-electron chi connectivity index (χ2n) is 7.00. The van der Waals surface area contributed by atoms with Crippen molar-refractivity contribution in [2.24, 2.45) is 0 Å². The van der Waals surface area contributed by atoms with Crippen molar-refractivity contribution in [3.63, 3.8) is 0 Å². The van der Waals surface area contributed by atoms with Crippen molar-refractivity contribution >= 4 is 52.5 Å². The minimum Gasteiger partial charge on any atom is -0.348 e. The van der Waals surface area contributed by atoms with Crippen molar-refractivity contribution in [3.05, 3.63) is 99.0 Å². The Kier molecular flexibility index (Phi) is 8.41. The van der Waals surface area contributed by atoms with Crippen molar-refractivity contribution in [1.82, 2.24) is 5.32 Å². The molecule has 160 valence electrons. The fraction of sp³-hybridized carbons (Fsp3) is 0.167. The topological polar surface area (TPSA) is 58.2 Å². The number of amides is 2. The number of nitrogens with one attached hydrogen (secondary N) is 2. The van der Waals surface area contributed by atoms with E-state index in [1.54, 1.807) is 36.4 Å². The smallest absolute Gasteiger partial charge is 0.253 e. The first-order valence-corrected chi connectivity index (χ1v) is 11.6. The maximum absolute atomic E-state index is 12.7. The van der Waals surface area contributed by atoms with Gasteiger partial charge >= 0.3 is 0 Å². The highest BCUT2D eigenvalue weighted by molar-refractivity contribution is 7.99. The van der Waals surface area contributed by atoms with Crippen LogP contribution >= 0.6 is 35.0 Å². The van der Waals surface area contributed by atoms with E-state index in [2.05, 4.69) is 10.6 Å². The summed E-state index contributed by atoms with van der Waals surface area (Å²) in [5.74, 6) is 0.464. The van der Waals surface area contributed by atoms with Crippen molar-refractivity contribution in [2.45, 2.75) is 19.2 Å². The van der Waals surface area contributed by atoms with Crippen LogP contribution < -0.4 is 10.6 Å². The minimum absolute atomic E-state index is 0.177. The predicted molar refractivity (Wildman–Crippen MR) is 130 cm³/mol. The van der Waals surface area contributed by atoms with Gasteiger partial charge in [-0.1, -0.05) is 71.2 Å². The number of hydrogen-bond acceptors (Lipinski definition) is 3. The average Bonchev–Trinajstić information content (AvgIpc) is 2.76. The van der Waals surface area contributed by atoms with Crippen LogP contribution in [0, 0.1) is 6.92 Å². The molecule has 3 aromatic carbocycles. The third-order valence-electron chi connectivity index (χ3n) is 4.51. The lowest BCUT2D eigenvalue weighted by Crippen LogP contribution is -2.25. The molecule has 0 aliphatic carbocycles. The fourth-order valence-corrected chi connectivity index (χ4v) is 3.95. The molecule has 0 atom stereocenters. The van der Waals surface area contributed by atoms with Crippen molar-refractivity contribution in [1.29, 1.82) is 0 Å². The van der Waals surface area contributed by atoms with Gasteiger partial charge in [0.05, 0.1) is 27.0 Å². The maximum atomic E-state index is 12.7. The number of hydrogen-bond donors (Lipinski definition) is 2. The lowest BCUT2D eigenvalue weighted by atomic mass is 10.1. The summed E-state index contributed by atoms with van der Waals surface area (Å²) >= 11 is 13.4. The average molecular weight is 473 g/mol. The summed E-state index contributed by atoms with van der Waals surface area (Å²) in [6.45, 7) is 2.44. The van der Waals surface area contributed by atoms with Crippen molar-refractivity contribution < 1.29 is 9.59 Å². The molecular weight excluding hydrogens is 451 g/mol. The molecule has 0 unspecified atom stereocenters. The Hall–Kier alpha value is -2.47. The standard InChI is InChI=1S/C24H22Cl2N2O2S/c1-16-6-8-17(9-7-16)13-27-24(30)19-4-2-3-5-22(19)28-23(29)15-31-14-18-10-11-20(25)21(26)12-18/h2-12H,13-15H2,1H3,(H,27,30)(H,28,29). The van der Waals surface area contributed by atoms with Gasteiger partial charge in [0.25, 0.3) is 5.91 Å². The van der Waals surface area contributed by atoms with Crippen molar-refractivity contribution in [3.8, 4) is 0 Å². The summed E-state index contributed by atoms with van der Waals surface area (Å²) in [6.07, 6.45) is 0.